The molecule has 0 saturated carbocycles. The number of nitrogens with one attached hydrogen (secondary N) is 1. The average Bonchev–Trinajstić information content (AvgIpc) is 3.21. The molecule has 0 radical (unpaired) electrons. The minimum Gasteiger partial charge on any atom is -0.497 e. The lowest BCUT2D eigenvalue weighted by Gasteiger charge is -2.20. The molecule has 2 aromatic carbocycles. The second-order valence-corrected chi connectivity index (χ2v) is 8.98. The van der Waals surface area contributed by atoms with E-state index in [4.69, 9.17) is 9.47 Å². The van der Waals surface area contributed by atoms with Crippen molar-refractivity contribution in [2.75, 3.05) is 13.7 Å². The van der Waals surface area contributed by atoms with E-state index in [9.17, 15) is 9.59 Å². The maximum Gasteiger partial charge on any atom is 0.258 e. The molecular formula is C26H31N3O4. The fourth-order valence-corrected chi connectivity index (χ4v) is 3.38. The Morgan fingerprint density at radius 2 is 1.70 bits per heavy atom. The van der Waals surface area contributed by atoms with Gasteiger partial charge in [-0.2, -0.15) is 0 Å². The Balaban J connectivity index is 1.73. The Morgan fingerprint density at radius 1 is 1.03 bits per heavy atom. The van der Waals surface area contributed by atoms with Gasteiger partial charge < -0.3 is 14.8 Å². The molecule has 1 aromatic heterocycles. The predicted molar refractivity (Wildman–Crippen MR) is 126 cm³/mol. The third-order valence-corrected chi connectivity index (χ3v) is 5.32. The van der Waals surface area contributed by atoms with Crippen LogP contribution in [0.3, 0.4) is 0 Å². The SMILES string of the molecule is COc1ccc(C(NC(=O)COc2ccn(C)n2)C(=O)Cc2ccc(C(C)(C)C)cc2)cc1. The Kier molecular flexibility index (Phi) is 7.53. The zero-order chi connectivity index (χ0) is 24.0. The maximum absolute atomic E-state index is 13.3. The van der Waals surface area contributed by atoms with Gasteiger partial charge in [0.05, 0.1) is 7.11 Å². The molecule has 33 heavy (non-hydrogen) atoms. The number of carbonyl (C=O) groups excluding carboxylic acids is 2. The number of rotatable bonds is 9. The van der Waals surface area contributed by atoms with Gasteiger partial charge in [-0.1, -0.05) is 57.2 Å². The minimum atomic E-state index is -0.807. The van der Waals surface area contributed by atoms with Gasteiger partial charge in [-0.25, -0.2) is 0 Å². The highest BCUT2D eigenvalue weighted by Crippen LogP contribution is 2.24. The summed E-state index contributed by atoms with van der Waals surface area (Å²) in [5, 5.41) is 6.90. The van der Waals surface area contributed by atoms with Crippen molar-refractivity contribution in [2.45, 2.75) is 38.6 Å². The molecule has 1 amide bonds. The number of nitrogens with zero attached hydrogens (tertiary/aromatic N) is 2. The molecule has 1 N–H and O–H groups in total. The number of ether oxygens (including phenoxy) is 2. The molecule has 3 aromatic rings. The van der Waals surface area contributed by atoms with Crippen LogP contribution in [0.4, 0.5) is 0 Å². The molecule has 0 aliphatic heterocycles. The second kappa shape index (κ2) is 10.3. The Labute approximate surface area is 194 Å². The number of benzene rings is 2. The first kappa shape index (κ1) is 24.0. The van der Waals surface area contributed by atoms with Crippen LogP contribution in [0, 0.1) is 0 Å². The van der Waals surface area contributed by atoms with Crippen molar-refractivity contribution in [1.29, 1.82) is 0 Å². The second-order valence-electron chi connectivity index (χ2n) is 8.98. The van der Waals surface area contributed by atoms with Gasteiger partial charge in [0, 0.05) is 25.7 Å². The lowest BCUT2D eigenvalue weighted by molar-refractivity contribution is -0.129. The number of hydrogen-bond acceptors (Lipinski definition) is 5. The van der Waals surface area contributed by atoms with Gasteiger partial charge in [0.2, 0.25) is 5.88 Å². The van der Waals surface area contributed by atoms with Gasteiger partial charge in [-0.15, -0.1) is 5.10 Å². The van der Waals surface area contributed by atoms with Crippen LogP contribution in [0.25, 0.3) is 0 Å². The Morgan fingerprint density at radius 3 is 2.24 bits per heavy atom. The van der Waals surface area contributed by atoms with Crippen molar-refractivity contribution in [3.05, 3.63) is 77.5 Å². The standard InChI is InChI=1S/C26H31N3O4/c1-26(2,3)20-10-6-18(7-11-20)16-22(30)25(19-8-12-21(32-5)13-9-19)27-23(31)17-33-24-14-15-29(4)28-24/h6-15,25H,16-17H2,1-5H3,(H,27,31). The summed E-state index contributed by atoms with van der Waals surface area (Å²) < 4.78 is 12.2. The van der Waals surface area contributed by atoms with Crippen molar-refractivity contribution in [2.24, 2.45) is 7.05 Å². The number of carbonyl (C=O) groups is 2. The zero-order valence-electron chi connectivity index (χ0n) is 19.8. The van der Waals surface area contributed by atoms with Crippen molar-refractivity contribution < 1.29 is 19.1 Å². The summed E-state index contributed by atoms with van der Waals surface area (Å²) in [6.45, 7) is 6.21. The van der Waals surface area contributed by atoms with Crippen LogP contribution in [0.2, 0.25) is 0 Å². The molecule has 0 bridgehead atoms. The van der Waals surface area contributed by atoms with Crippen LogP contribution in [0.1, 0.15) is 43.5 Å². The molecule has 0 spiro atoms. The van der Waals surface area contributed by atoms with Gasteiger partial charge in [0.25, 0.3) is 5.91 Å². The fourth-order valence-electron chi connectivity index (χ4n) is 3.38. The average molecular weight is 450 g/mol. The van der Waals surface area contributed by atoms with Crippen molar-refractivity contribution in [3.8, 4) is 11.6 Å². The van der Waals surface area contributed by atoms with E-state index in [1.165, 1.54) is 5.56 Å². The number of ketones is 1. The van der Waals surface area contributed by atoms with E-state index >= 15 is 0 Å². The highest BCUT2D eigenvalue weighted by atomic mass is 16.5. The van der Waals surface area contributed by atoms with Gasteiger partial charge in [-0.05, 0) is 34.2 Å². The topological polar surface area (TPSA) is 82.4 Å². The fraction of sp³-hybridized carbons (Fsp3) is 0.346. The smallest absolute Gasteiger partial charge is 0.258 e. The number of amides is 1. The van der Waals surface area contributed by atoms with Crippen LogP contribution >= 0.6 is 0 Å². The van der Waals surface area contributed by atoms with E-state index in [1.54, 1.807) is 55.4 Å². The van der Waals surface area contributed by atoms with E-state index in [2.05, 4.69) is 31.2 Å². The lowest BCUT2D eigenvalue weighted by Crippen LogP contribution is -2.37. The molecule has 174 valence electrons. The first-order chi connectivity index (χ1) is 15.7. The van der Waals surface area contributed by atoms with Gasteiger partial charge in [0.15, 0.2) is 12.4 Å². The van der Waals surface area contributed by atoms with Crippen LogP contribution in [-0.4, -0.2) is 35.2 Å². The quantitative estimate of drug-likeness (QED) is 0.538. The molecule has 7 nitrogen and oxygen atoms in total. The molecular weight excluding hydrogens is 418 g/mol. The van der Waals surface area contributed by atoms with Crippen LogP contribution in [0.15, 0.2) is 60.8 Å². The summed E-state index contributed by atoms with van der Waals surface area (Å²) in [5.74, 6) is 0.499. The molecule has 0 aliphatic rings. The summed E-state index contributed by atoms with van der Waals surface area (Å²) in [4.78, 5) is 25.9. The number of aromatic nitrogens is 2. The summed E-state index contributed by atoms with van der Waals surface area (Å²) in [6.07, 6.45) is 1.92. The monoisotopic (exact) mass is 449 g/mol. The lowest BCUT2D eigenvalue weighted by atomic mass is 9.86. The van der Waals surface area contributed by atoms with Crippen molar-refractivity contribution >= 4 is 11.7 Å². The van der Waals surface area contributed by atoms with E-state index < -0.39 is 11.9 Å². The zero-order valence-corrected chi connectivity index (χ0v) is 19.8. The highest BCUT2D eigenvalue weighted by Gasteiger charge is 2.24. The summed E-state index contributed by atoms with van der Waals surface area (Å²) >= 11 is 0. The van der Waals surface area contributed by atoms with Gasteiger partial charge in [0.1, 0.15) is 11.8 Å². The third-order valence-electron chi connectivity index (χ3n) is 5.32. The molecule has 0 aliphatic carbocycles. The molecule has 3 rings (SSSR count). The predicted octanol–water partition coefficient (Wildman–Crippen LogP) is 3.77. The van der Waals surface area contributed by atoms with E-state index in [1.807, 2.05) is 24.3 Å². The first-order valence-corrected chi connectivity index (χ1v) is 10.8. The Hall–Kier alpha value is -3.61. The molecule has 0 fully saturated rings. The first-order valence-electron chi connectivity index (χ1n) is 10.8. The molecule has 1 heterocycles. The maximum atomic E-state index is 13.3. The number of methoxy groups -OCH3 is 1. The molecule has 1 unspecified atom stereocenters. The largest absolute Gasteiger partial charge is 0.497 e. The van der Waals surface area contributed by atoms with Crippen molar-refractivity contribution in [1.82, 2.24) is 15.1 Å². The van der Waals surface area contributed by atoms with Gasteiger partial charge in [-0.3, -0.25) is 14.3 Å². The molecule has 0 saturated heterocycles. The number of hydrogen-bond donors (Lipinski definition) is 1. The molecule has 7 heteroatoms. The van der Waals surface area contributed by atoms with Crippen molar-refractivity contribution in [3.63, 3.8) is 0 Å². The minimum absolute atomic E-state index is 0.0375. The summed E-state index contributed by atoms with van der Waals surface area (Å²) in [5.41, 5.74) is 2.81. The van der Waals surface area contributed by atoms with E-state index in [-0.39, 0.29) is 24.2 Å². The van der Waals surface area contributed by atoms with Crippen LogP contribution in [-0.2, 0) is 28.5 Å². The van der Waals surface area contributed by atoms with Crippen LogP contribution in [0.5, 0.6) is 11.6 Å². The highest BCUT2D eigenvalue weighted by molar-refractivity contribution is 5.91. The van der Waals surface area contributed by atoms with E-state index in [0.717, 1.165) is 5.56 Å². The third kappa shape index (κ3) is 6.68. The van der Waals surface area contributed by atoms with E-state index in [0.29, 0.717) is 17.2 Å². The van der Waals surface area contributed by atoms with Gasteiger partial charge >= 0.3 is 0 Å². The van der Waals surface area contributed by atoms with Crippen LogP contribution < -0.4 is 14.8 Å². The summed E-state index contributed by atoms with van der Waals surface area (Å²) in [6, 6.07) is 16.0. The Bertz CT molecular complexity index is 1080. The normalized spacial score (nSPS) is 12.2. The number of Topliss-reactive ketones (excluding diaryl/α,β-unsaturated/α-hetero) is 1. The summed E-state index contributed by atoms with van der Waals surface area (Å²) in [7, 11) is 3.34. The number of aryl methyl sites for hydroxylation is 1. The molecule has 1 atom stereocenters.